The number of rotatable bonds is 23. The Morgan fingerprint density at radius 3 is 1.33 bits per heavy atom. The molecule has 26 nitrogen and oxygen atoms in total. The average molecular weight is 1390 g/mol. The van der Waals surface area contributed by atoms with Crippen molar-refractivity contribution in [3.05, 3.63) is 247 Å². The second-order valence-electron chi connectivity index (χ2n) is 25.0. The second-order valence-corrected chi connectivity index (χ2v) is 30.9. The molecule has 0 spiro atoms. The smallest absolute Gasteiger partial charge is 0.402 e. The van der Waals surface area contributed by atoms with Crippen molar-refractivity contribution in [2.45, 2.75) is 134 Å². The van der Waals surface area contributed by atoms with Crippen LogP contribution in [-0.2, 0) is 36.8 Å². The van der Waals surface area contributed by atoms with Gasteiger partial charge in [-0.1, -0.05) is 143 Å². The number of hydrogen-bond acceptors (Lipinski definition) is 19. The molecule has 1 unspecified atom stereocenters. The zero-order valence-corrected chi connectivity index (χ0v) is 57.6. The van der Waals surface area contributed by atoms with Crippen LogP contribution in [0.5, 0.6) is 0 Å². The molecule has 3 aliphatic rings. The van der Waals surface area contributed by atoms with E-state index in [0.29, 0.717) is 39.8 Å². The number of carbonyl (C=O) groups excluding carboxylic acids is 3. The summed E-state index contributed by atoms with van der Waals surface area (Å²) in [7, 11) is -7.91. The lowest BCUT2D eigenvalue weighted by molar-refractivity contribution is -0.0518. The third kappa shape index (κ3) is 17.1. The van der Waals surface area contributed by atoms with Crippen molar-refractivity contribution >= 4 is 61.7 Å². The van der Waals surface area contributed by atoms with Gasteiger partial charge in [-0.25, -0.2) is 25.5 Å². The van der Waals surface area contributed by atoms with Crippen LogP contribution in [0.1, 0.15) is 120 Å². The minimum Gasteiger partial charge on any atom is -0.402 e. The Labute approximate surface area is 572 Å². The van der Waals surface area contributed by atoms with Gasteiger partial charge in [-0.15, -0.1) is 0 Å². The number of aliphatic hydroxyl groups excluding tert-OH is 2. The maximum Gasteiger partial charge on any atom is 0.475 e. The molecule has 0 radical (unpaired) electrons. The van der Waals surface area contributed by atoms with Crippen molar-refractivity contribution < 1.29 is 61.4 Å². The van der Waals surface area contributed by atoms with E-state index in [1.165, 1.54) is 26.1 Å². The van der Waals surface area contributed by atoms with Crippen LogP contribution in [0.4, 0.5) is 17.5 Å². The summed E-state index contributed by atoms with van der Waals surface area (Å²) in [4.78, 5) is 93.8. The van der Waals surface area contributed by atoms with Gasteiger partial charge in [0.1, 0.15) is 55.0 Å². The summed E-state index contributed by atoms with van der Waals surface area (Å²) in [6.45, 7) is 19.6. The van der Waals surface area contributed by atoms with Crippen LogP contribution in [0.2, 0.25) is 5.04 Å². The maximum atomic E-state index is 15.0. The van der Waals surface area contributed by atoms with Gasteiger partial charge >= 0.3 is 24.9 Å². The van der Waals surface area contributed by atoms with Crippen molar-refractivity contribution in [1.29, 1.82) is 0 Å². The highest BCUT2D eigenvalue weighted by Gasteiger charge is 2.55. The van der Waals surface area contributed by atoms with Gasteiger partial charge < -0.3 is 49.6 Å². The first kappa shape index (κ1) is 72.5. The summed E-state index contributed by atoms with van der Waals surface area (Å²) in [6.07, 6.45) is -2.19. The molecule has 0 saturated carbocycles. The number of aliphatic hydroxyl groups is 2. The van der Waals surface area contributed by atoms with Crippen LogP contribution in [-0.4, -0.2) is 128 Å². The Morgan fingerprint density at radius 1 is 0.586 bits per heavy atom. The first-order valence-corrected chi connectivity index (χ1v) is 35.7. The summed E-state index contributed by atoms with van der Waals surface area (Å²) in [6, 6.07) is 45.8. The second kappa shape index (κ2) is 32.2. The maximum absolute atomic E-state index is 15.0. The molecule has 518 valence electrons. The molecule has 5 N–H and O–H groups in total. The van der Waals surface area contributed by atoms with Gasteiger partial charge in [0.2, 0.25) is 6.54 Å². The minimum absolute atomic E-state index is 0.0352. The number of aryl methyl sites for hydroxylation is 3. The van der Waals surface area contributed by atoms with Gasteiger partial charge in [0.05, 0.1) is 37.6 Å². The van der Waals surface area contributed by atoms with Crippen molar-refractivity contribution in [2.75, 3.05) is 42.3 Å². The highest BCUT2D eigenvalue weighted by Crippen LogP contribution is 2.54. The van der Waals surface area contributed by atoms with Gasteiger partial charge in [-0.2, -0.15) is 15.0 Å². The van der Waals surface area contributed by atoms with E-state index in [1.807, 2.05) is 43.3 Å². The number of phosphoric ester groups is 1. The molecular formula is C71H79N10O16PSi. The fraction of sp³-hybridized carbons (Fsp3) is 0.352. The Kier molecular flexibility index (Phi) is 23.5. The minimum atomic E-state index is -4.59. The monoisotopic (exact) mass is 1390 g/mol. The van der Waals surface area contributed by atoms with E-state index < -0.39 is 112 Å². The van der Waals surface area contributed by atoms with E-state index in [-0.39, 0.29) is 62.4 Å². The van der Waals surface area contributed by atoms with Gasteiger partial charge in [0.15, 0.2) is 0 Å². The lowest BCUT2D eigenvalue weighted by atomic mass is 10.1. The number of nitrogens with zero attached hydrogens (tertiary/aromatic N) is 7. The molecule has 3 amide bonds. The highest BCUT2D eigenvalue weighted by atomic mass is 31.2. The third-order valence-electron chi connectivity index (χ3n) is 17.1. The van der Waals surface area contributed by atoms with Crippen molar-refractivity contribution in [3.8, 4) is 0 Å². The standard InChI is InChI=1S/C54H60N7O11PSi.C17H19N3O5/c1-8-42-43(31-46(69-42)60-33-36(2)48(58-52(60)64)56-50(62)38-21-13-9-14-22-38)71-73(66,67-30-29-55-7)68-35-45-44(72-74(54(4,5)6,40-25-17-11-18-26-40)41-27-19-12-20-28-41)32-47(70-45)61-34-37(3)49(59-53(61)65)57-51(63)39-23-15-10-16-24-39;1-10-8-20(14-7-12(22)13(9-21)25-14)17(24)19-15(10)18-16(23)11-5-3-2-4-6-11/h9-28,33-34,42-47H,8,29-32,35H2,1-6H3,(H,56,58,62,64)(H,57,59,63,65);2-6,8,12-14,21-22H,7,9H2,1H3,(H,18,19,23,24)/t42-,43-,44-,45-,46-,47-,73?;12-,13-,14-/m11/s1. The number of ether oxygens (including phenoxy) is 3. The number of anilines is 3. The van der Waals surface area contributed by atoms with E-state index >= 15 is 4.57 Å². The number of amides is 3. The number of carbonyl (C=O) groups is 3. The summed E-state index contributed by atoms with van der Waals surface area (Å²) in [5, 5.41) is 28.5. The average Bonchev–Trinajstić information content (AvgIpc) is 1.74. The van der Waals surface area contributed by atoms with Crippen LogP contribution < -0.4 is 43.4 Å². The fourth-order valence-corrected chi connectivity index (χ4v) is 18.2. The molecule has 3 aliphatic heterocycles. The molecule has 10 atom stereocenters. The zero-order valence-electron chi connectivity index (χ0n) is 55.7. The van der Waals surface area contributed by atoms with Crippen molar-refractivity contribution in [2.24, 2.45) is 0 Å². The molecular weight excluding hydrogens is 1310 g/mol. The third-order valence-corrected chi connectivity index (χ3v) is 23.7. The lowest BCUT2D eigenvalue weighted by Crippen LogP contribution is -2.68. The predicted octanol–water partition coefficient (Wildman–Crippen LogP) is 8.44. The number of hydrogen-bond donors (Lipinski definition) is 5. The number of phosphoric acid groups is 1. The molecule has 28 heteroatoms. The van der Waals surface area contributed by atoms with E-state index in [4.69, 9.17) is 43.9 Å². The first-order chi connectivity index (χ1) is 47.5. The Bertz CT molecular complexity index is 4370. The Morgan fingerprint density at radius 2 is 0.960 bits per heavy atom. The van der Waals surface area contributed by atoms with E-state index in [2.05, 4.69) is 80.8 Å². The molecule has 5 aromatic carbocycles. The van der Waals surface area contributed by atoms with Crippen LogP contribution in [0.25, 0.3) is 4.85 Å². The predicted molar refractivity (Wildman–Crippen MR) is 370 cm³/mol. The number of aromatic nitrogens is 6. The van der Waals surface area contributed by atoms with E-state index in [0.717, 1.165) is 10.4 Å². The molecule has 6 heterocycles. The molecule has 8 aromatic rings. The van der Waals surface area contributed by atoms with Crippen LogP contribution >= 0.6 is 7.82 Å². The number of benzene rings is 5. The van der Waals surface area contributed by atoms with Crippen molar-refractivity contribution in [1.82, 2.24) is 28.7 Å². The van der Waals surface area contributed by atoms with E-state index in [1.54, 1.807) is 118 Å². The van der Waals surface area contributed by atoms with Crippen LogP contribution in [0.3, 0.4) is 0 Å². The molecule has 3 aromatic heterocycles. The summed E-state index contributed by atoms with van der Waals surface area (Å²) in [5.41, 5.74) is 0.833. The Hall–Kier alpha value is -9.27. The SMILES string of the molecule is Cc1cn([C@H]2C[C@@H](O)[C@@H](CO)O2)c(=O)nc1NC(=O)c1ccccc1.[C-]#[N+]CCOP(=O)(OC[C@H]1O[C@@H](n2cc(C)c(NC(=O)c3ccccc3)nc2=O)C[C@H]1O[Si](c1ccccc1)(c1ccccc1)C(C)(C)C)O[C@@H]1C[C@H](n2cc(C)c(NC(=O)c3ccccc3)nc2=O)O[C@@H]1CC. The topological polar surface area (TPSA) is 318 Å². The quantitative estimate of drug-likeness (QED) is 0.0173. The van der Waals surface area contributed by atoms with Crippen LogP contribution in [0, 0.1) is 27.3 Å². The highest BCUT2D eigenvalue weighted by molar-refractivity contribution is 7.48. The summed E-state index contributed by atoms with van der Waals surface area (Å²) in [5.74, 6) is -0.851. The summed E-state index contributed by atoms with van der Waals surface area (Å²) < 4.78 is 63.5. The fourth-order valence-electron chi connectivity index (χ4n) is 12.1. The van der Waals surface area contributed by atoms with Gasteiger partial charge in [0.25, 0.3) is 26.0 Å². The lowest BCUT2D eigenvalue weighted by Gasteiger charge is -2.45. The molecule has 99 heavy (non-hydrogen) atoms. The van der Waals surface area contributed by atoms with Gasteiger partial charge in [0, 0.05) is 71.2 Å². The first-order valence-electron chi connectivity index (χ1n) is 32.3. The largest absolute Gasteiger partial charge is 0.475 e. The van der Waals surface area contributed by atoms with Gasteiger partial charge in [-0.05, 0) is 79.0 Å². The molecule has 0 bridgehead atoms. The van der Waals surface area contributed by atoms with Gasteiger partial charge in [-0.3, -0.25) is 41.7 Å². The molecule has 11 rings (SSSR count). The normalized spacial score (nSPS) is 21.2. The zero-order chi connectivity index (χ0) is 70.6. The van der Waals surface area contributed by atoms with Crippen LogP contribution in [0.15, 0.2) is 185 Å². The molecule has 3 fully saturated rings. The Balaban J connectivity index is 0.000000354. The summed E-state index contributed by atoms with van der Waals surface area (Å²) >= 11 is 0. The van der Waals surface area contributed by atoms with E-state index in [9.17, 15) is 33.9 Å². The number of nitrogens with one attached hydrogen (secondary N) is 3. The molecule has 3 saturated heterocycles. The molecule has 0 aliphatic carbocycles. The van der Waals surface area contributed by atoms with Crippen molar-refractivity contribution in [3.63, 3.8) is 0 Å².